The summed E-state index contributed by atoms with van der Waals surface area (Å²) in [4.78, 5) is 16.0. The number of H-pyrrole nitrogens is 1. The molecule has 0 radical (unpaired) electrons. The summed E-state index contributed by atoms with van der Waals surface area (Å²) >= 11 is 1.85. The van der Waals surface area contributed by atoms with Crippen molar-refractivity contribution in [2.24, 2.45) is 0 Å². The van der Waals surface area contributed by atoms with Gasteiger partial charge in [0, 0.05) is 42.7 Å². The second-order valence-corrected chi connectivity index (χ2v) is 7.13. The summed E-state index contributed by atoms with van der Waals surface area (Å²) in [7, 11) is 0. The van der Waals surface area contributed by atoms with Gasteiger partial charge in [0.25, 0.3) is 5.91 Å². The molecule has 4 rings (SSSR count). The van der Waals surface area contributed by atoms with Crippen molar-refractivity contribution < 1.29 is 4.79 Å². The molecule has 0 bridgehead atoms. The van der Waals surface area contributed by atoms with Crippen LogP contribution in [0.2, 0.25) is 0 Å². The van der Waals surface area contributed by atoms with Gasteiger partial charge in [-0.1, -0.05) is 0 Å². The summed E-state index contributed by atoms with van der Waals surface area (Å²) < 4.78 is 0. The van der Waals surface area contributed by atoms with Crippen LogP contribution in [-0.4, -0.2) is 40.6 Å². The highest BCUT2D eigenvalue weighted by Crippen LogP contribution is 2.38. The maximum absolute atomic E-state index is 12.1. The van der Waals surface area contributed by atoms with Gasteiger partial charge in [0.15, 0.2) is 0 Å². The smallest absolute Gasteiger partial charge is 0.271 e. The van der Waals surface area contributed by atoms with Gasteiger partial charge in [0.2, 0.25) is 0 Å². The molecule has 1 aliphatic heterocycles. The number of thiophene rings is 1. The van der Waals surface area contributed by atoms with Gasteiger partial charge in [-0.3, -0.25) is 14.8 Å². The molecule has 1 aliphatic carbocycles. The minimum absolute atomic E-state index is 0.0728. The molecule has 2 N–H and O–H groups in total. The van der Waals surface area contributed by atoms with Crippen LogP contribution >= 0.6 is 11.3 Å². The van der Waals surface area contributed by atoms with Crippen molar-refractivity contribution in [1.29, 1.82) is 0 Å². The highest BCUT2D eigenvalue weighted by atomic mass is 32.1. The Kier molecular flexibility index (Phi) is 3.72. The molecule has 1 saturated carbocycles. The Bertz CT molecular complexity index is 673. The van der Waals surface area contributed by atoms with Crippen LogP contribution in [0.25, 0.3) is 0 Å². The molecule has 0 spiro atoms. The van der Waals surface area contributed by atoms with Crippen LogP contribution in [0.3, 0.4) is 0 Å². The number of nitrogens with zero attached hydrogens (tertiary/aromatic N) is 2. The number of hydrogen-bond donors (Lipinski definition) is 2. The highest BCUT2D eigenvalue weighted by molar-refractivity contribution is 7.10. The third kappa shape index (κ3) is 2.94. The number of nitrogens with one attached hydrogen (secondary N) is 2. The van der Waals surface area contributed by atoms with E-state index in [1.165, 1.54) is 23.3 Å². The van der Waals surface area contributed by atoms with E-state index >= 15 is 0 Å². The van der Waals surface area contributed by atoms with E-state index in [0.717, 1.165) is 31.7 Å². The molecule has 1 fully saturated rings. The number of aromatic amines is 1. The summed E-state index contributed by atoms with van der Waals surface area (Å²) in [5.74, 6) is 0.526. The van der Waals surface area contributed by atoms with E-state index in [9.17, 15) is 4.79 Å². The van der Waals surface area contributed by atoms with Crippen molar-refractivity contribution in [2.45, 2.75) is 31.7 Å². The fraction of sp³-hybridized carbons (Fsp3) is 0.500. The third-order valence-corrected chi connectivity index (χ3v) is 5.47. The third-order valence-electron chi connectivity index (χ3n) is 4.45. The average molecular weight is 316 g/mol. The predicted molar refractivity (Wildman–Crippen MR) is 86.2 cm³/mol. The van der Waals surface area contributed by atoms with Gasteiger partial charge < -0.3 is 5.32 Å². The predicted octanol–water partition coefficient (Wildman–Crippen LogP) is 2.14. The lowest BCUT2D eigenvalue weighted by Crippen LogP contribution is -2.37. The van der Waals surface area contributed by atoms with Crippen LogP contribution in [0.15, 0.2) is 17.5 Å². The summed E-state index contributed by atoms with van der Waals surface area (Å²) in [6.07, 6.45) is 3.55. The Hall–Kier alpha value is -1.66. The van der Waals surface area contributed by atoms with E-state index in [1.807, 2.05) is 17.4 Å². The van der Waals surface area contributed by atoms with Crippen LogP contribution < -0.4 is 5.32 Å². The molecule has 0 saturated heterocycles. The van der Waals surface area contributed by atoms with E-state index in [-0.39, 0.29) is 5.91 Å². The standard InChI is InChI=1S/C16H20N4OS/c21-16(14-9-13(18-19-14)11-1-2-11)17-5-7-20-6-3-15-12(10-20)4-8-22-15/h4,8-9,11H,1-3,5-7,10H2,(H,17,21)(H,18,19). The van der Waals surface area contributed by atoms with Gasteiger partial charge in [-0.2, -0.15) is 5.10 Å². The van der Waals surface area contributed by atoms with E-state index in [4.69, 9.17) is 0 Å². The number of carbonyl (C=O) groups excluding carboxylic acids is 1. The highest BCUT2D eigenvalue weighted by Gasteiger charge is 2.26. The average Bonchev–Trinajstić information content (AvgIpc) is 3.08. The topological polar surface area (TPSA) is 61.0 Å². The largest absolute Gasteiger partial charge is 0.349 e. The van der Waals surface area contributed by atoms with Crippen molar-refractivity contribution in [3.63, 3.8) is 0 Å². The van der Waals surface area contributed by atoms with Gasteiger partial charge in [0.1, 0.15) is 5.69 Å². The maximum atomic E-state index is 12.1. The number of aromatic nitrogens is 2. The Labute approximate surface area is 133 Å². The van der Waals surface area contributed by atoms with Crippen molar-refractivity contribution in [2.75, 3.05) is 19.6 Å². The number of amides is 1. The lowest BCUT2D eigenvalue weighted by Gasteiger charge is -2.26. The van der Waals surface area contributed by atoms with Crippen LogP contribution in [0, 0.1) is 0 Å². The molecule has 2 aromatic rings. The Morgan fingerprint density at radius 2 is 2.41 bits per heavy atom. The Morgan fingerprint density at radius 1 is 1.50 bits per heavy atom. The molecule has 3 heterocycles. The SMILES string of the molecule is O=C(NCCN1CCc2sccc2C1)c1cc(C2CC2)[nH]n1. The van der Waals surface area contributed by atoms with Crippen molar-refractivity contribution in [3.8, 4) is 0 Å². The molecule has 0 unspecified atom stereocenters. The number of fused-ring (bicyclic) bond motifs is 1. The summed E-state index contributed by atoms with van der Waals surface area (Å²) in [6.45, 7) is 3.64. The van der Waals surface area contributed by atoms with E-state index < -0.39 is 0 Å². The summed E-state index contributed by atoms with van der Waals surface area (Å²) in [6, 6.07) is 4.11. The first-order valence-electron chi connectivity index (χ1n) is 7.91. The zero-order valence-electron chi connectivity index (χ0n) is 12.5. The zero-order chi connectivity index (χ0) is 14.9. The first-order chi connectivity index (χ1) is 10.8. The monoisotopic (exact) mass is 316 g/mol. The second-order valence-electron chi connectivity index (χ2n) is 6.13. The molecule has 2 aliphatic rings. The molecule has 22 heavy (non-hydrogen) atoms. The summed E-state index contributed by atoms with van der Waals surface area (Å²) in [5, 5.41) is 12.2. The Morgan fingerprint density at radius 3 is 3.27 bits per heavy atom. The van der Waals surface area contributed by atoms with Crippen molar-refractivity contribution in [1.82, 2.24) is 20.4 Å². The van der Waals surface area contributed by atoms with Gasteiger partial charge >= 0.3 is 0 Å². The molecule has 1 amide bonds. The van der Waals surface area contributed by atoms with Crippen LogP contribution in [-0.2, 0) is 13.0 Å². The zero-order valence-corrected chi connectivity index (χ0v) is 13.3. The number of carbonyl (C=O) groups is 1. The molecular weight excluding hydrogens is 296 g/mol. The number of rotatable bonds is 5. The van der Waals surface area contributed by atoms with Gasteiger partial charge in [-0.15, -0.1) is 11.3 Å². The van der Waals surface area contributed by atoms with Gasteiger partial charge in [0.05, 0.1) is 0 Å². The molecule has 2 aromatic heterocycles. The first kappa shape index (κ1) is 14.0. The fourth-order valence-electron chi connectivity index (χ4n) is 2.97. The molecule has 6 heteroatoms. The molecular formula is C16H20N4OS. The molecule has 0 atom stereocenters. The minimum atomic E-state index is -0.0728. The Balaban J connectivity index is 1.25. The molecule has 116 valence electrons. The summed E-state index contributed by atoms with van der Waals surface area (Å²) in [5.41, 5.74) is 3.07. The molecule has 5 nitrogen and oxygen atoms in total. The second kappa shape index (κ2) is 5.85. The lowest BCUT2D eigenvalue weighted by atomic mass is 10.1. The lowest BCUT2D eigenvalue weighted by molar-refractivity contribution is 0.0942. The normalized spacial score (nSPS) is 18.2. The van der Waals surface area contributed by atoms with Crippen molar-refractivity contribution in [3.05, 3.63) is 39.3 Å². The van der Waals surface area contributed by atoms with Gasteiger partial charge in [-0.25, -0.2) is 0 Å². The van der Waals surface area contributed by atoms with E-state index in [2.05, 4.69) is 31.9 Å². The van der Waals surface area contributed by atoms with Gasteiger partial charge in [-0.05, 0) is 42.3 Å². The fourth-order valence-corrected chi connectivity index (χ4v) is 3.86. The maximum Gasteiger partial charge on any atom is 0.271 e. The number of hydrogen-bond acceptors (Lipinski definition) is 4. The molecule has 0 aromatic carbocycles. The van der Waals surface area contributed by atoms with Crippen LogP contribution in [0.1, 0.15) is 45.4 Å². The van der Waals surface area contributed by atoms with Crippen LogP contribution in [0.5, 0.6) is 0 Å². The van der Waals surface area contributed by atoms with E-state index in [0.29, 0.717) is 18.2 Å². The van der Waals surface area contributed by atoms with Crippen LogP contribution in [0.4, 0.5) is 0 Å². The quantitative estimate of drug-likeness (QED) is 0.888. The minimum Gasteiger partial charge on any atom is -0.349 e. The first-order valence-corrected chi connectivity index (χ1v) is 8.78. The van der Waals surface area contributed by atoms with E-state index in [1.54, 1.807) is 0 Å². The van der Waals surface area contributed by atoms with Crippen molar-refractivity contribution >= 4 is 17.2 Å².